The van der Waals surface area contributed by atoms with E-state index in [9.17, 15) is 0 Å². The van der Waals surface area contributed by atoms with Crippen LogP contribution in [0.4, 0.5) is 5.69 Å². The van der Waals surface area contributed by atoms with Crippen LogP contribution in [0.1, 0.15) is 5.56 Å². The first-order chi connectivity index (χ1) is 8.15. The van der Waals surface area contributed by atoms with Gasteiger partial charge in [-0.3, -0.25) is 4.99 Å². The van der Waals surface area contributed by atoms with Crippen molar-refractivity contribution >= 4 is 46.7 Å². The van der Waals surface area contributed by atoms with Crippen LogP contribution in [0.15, 0.2) is 47.5 Å². The van der Waals surface area contributed by atoms with Crippen molar-refractivity contribution in [1.82, 2.24) is 0 Å². The van der Waals surface area contributed by atoms with Crippen molar-refractivity contribution in [1.29, 1.82) is 0 Å². The summed E-state index contributed by atoms with van der Waals surface area (Å²) in [6.45, 7) is 0. The van der Waals surface area contributed by atoms with Gasteiger partial charge in [0.2, 0.25) is 0 Å². The second-order valence-corrected chi connectivity index (χ2v) is 4.69. The minimum Gasteiger partial charge on any atom is -0.256 e. The van der Waals surface area contributed by atoms with Gasteiger partial charge in [0.15, 0.2) is 0 Å². The largest absolute Gasteiger partial charge is 0.256 e. The molecule has 0 N–H and O–H groups in total. The van der Waals surface area contributed by atoms with Crippen LogP contribution in [-0.4, -0.2) is 6.21 Å². The van der Waals surface area contributed by atoms with Crippen LogP contribution in [0.2, 0.25) is 15.1 Å². The molecule has 0 aliphatic carbocycles. The second-order valence-electron chi connectivity index (χ2n) is 3.41. The quantitative estimate of drug-likeness (QED) is 0.655. The van der Waals surface area contributed by atoms with Crippen LogP contribution in [0, 0.1) is 0 Å². The van der Waals surface area contributed by atoms with Gasteiger partial charge in [-0.2, -0.15) is 0 Å². The second kappa shape index (κ2) is 5.54. The third kappa shape index (κ3) is 3.47. The molecule has 86 valence electrons. The average molecular weight is 285 g/mol. The molecular weight excluding hydrogens is 277 g/mol. The third-order valence-corrected chi connectivity index (χ3v) is 2.89. The molecule has 17 heavy (non-hydrogen) atoms. The first kappa shape index (κ1) is 12.4. The fourth-order valence-electron chi connectivity index (χ4n) is 1.34. The van der Waals surface area contributed by atoms with Crippen LogP contribution in [-0.2, 0) is 0 Å². The number of nitrogens with zero attached hydrogens (tertiary/aromatic N) is 1. The first-order valence-corrected chi connectivity index (χ1v) is 6.03. The number of rotatable bonds is 2. The van der Waals surface area contributed by atoms with Crippen molar-refractivity contribution in [3.8, 4) is 0 Å². The summed E-state index contributed by atoms with van der Waals surface area (Å²) in [7, 11) is 0. The summed E-state index contributed by atoms with van der Waals surface area (Å²) < 4.78 is 0. The normalized spacial score (nSPS) is 11.0. The van der Waals surface area contributed by atoms with E-state index in [2.05, 4.69) is 4.99 Å². The lowest BCUT2D eigenvalue weighted by Gasteiger charge is -1.98. The van der Waals surface area contributed by atoms with Crippen molar-refractivity contribution in [2.75, 3.05) is 0 Å². The fourth-order valence-corrected chi connectivity index (χ4v) is 2.04. The van der Waals surface area contributed by atoms with Gasteiger partial charge in [0, 0.05) is 26.8 Å². The number of halogens is 3. The molecule has 0 unspecified atom stereocenters. The molecule has 2 aromatic rings. The summed E-state index contributed by atoms with van der Waals surface area (Å²) in [6, 6.07) is 12.6. The van der Waals surface area contributed by atoms with E-state index >= 15 is 0 Å². The van der Waals surface area contributed by atoms with Gasteiger partial charge < -0.3 is 0 Å². The van der Waals surface area contributed by atoms with Crippen LogP contribution in [0.5, 0.6) is 0 Å². The molecule has 4 heteroatoms. The number of hydrogen-bond donors (Lipinski definition) is 0. The number of hydrogen-bond acceptors (Lipinski definition) is 1. The molecule has 0 atom stereocenters. The highest BCUT2D eigenvalue weighted by atomic mass is 35.5. The van der Waals surface area contributed by atoms with E-state index in [4.69, 9.17) is 34.8 Å². The van der Waals surface area contributed by atoms with Gasteiger partial charge in [-0.15, -0.1) is 0 Å². The minimum absolute atomic E-state index is 0.559. The van der Waals surface area contributed by atoms with Crippen molar-refractivity contribution in [2.45, 2.75) is 0 Å². The van der Waals surface area contributed by atoms with Crippen LogP contribution >= 0.6 is 34.8 Å². The maximum Gasteiger partial charge on any atom is 0.0659 e. The summed E-state index contributed by atoms with van der Waals surface area (Å²) in [4.78, 5) is 4.28. The van der Waals surface area contributed by atoms with E-state index in [1.807, 2.05) is 24.3 Å². The molecular formula is C13H8Cl3N. The van der Waals surface area contributed by atoms with Gasteiger partial charge in [-0.05, 0) is 24.3 Å². The van der Waals surface area contributed by atoms with Crippen molar-refractivity contribution in [3.05, 3.63) is 63.1 Å². The number of benzene rings is 2. The van der Waals surface area contributed by atoms with Crippen molar-refractivity contribution < 1.29 is 0 Å². The zero-order valence-corrected chi connectivity index (χ0v) is 11.0. The summed E-state index contributed by atoms with van der Waals surface area (Å²) in [5.74, 6) is 0. The zero-order valence-electron chi connectivity index (χ0n) is 8.70. The Morgan fingerprint density at radius 1 is 0.882 bits per heavy atom. The van der Waals surface area contributed by atoms with Crippen LogP contribution < -0.4 is 0 Å². The molecule has 0 saturated heterocycles. The Kier molecular flexibility index (Phi) is 4.06. The fraction of sp³-hybridized carbons (Fsp3) is 0. The summed E-state index contributed by atoms with van der Waals surface area (Å²) in [5.41, 5.74) is 1.55. The minimum atomic E-state index is 0.559. The Bertz CT molecular complexity index is 544. The SMILES string of the molecule is Clc1cc(Cl)cc(/N=C/c2ccccc2Cl)c1. The molecule has 0 spiro atoms. The van der Waals surface area contributed by atoms with Crippen molar-refractivity contribution in [2.24, 2.45) is 4.99 Å². The Morgan fingerprint density at radius 2 is 1.53 bits per heavy atom. The molecule has 0 saturated carbocycles. The molecule has 2 aromatic carbocycles. The molecule has 0 fully saturated rings. The smallest absolute Gasteiger partial charge is 0.0659 e. The van der Waals surface area contributed by atoms with Gasteiger partial charge in [0.25, 0.3) is 0 Å². The van der Waals surface area contributed by atoms with Crippen LogP contribution in [0.25, 0.3) is 0 Å². The van der Waals surface area contributed by atoms with E-state index in [-0.39, 0.29) is 0 Å². The monoisotopic (exact) mass is 283 g/mol. The lowest BCUT2D eigenvalue weighted by atomic mass is 10.2. The average Bonchev–Trinajstić information content (AvgIpc) is 2.27. The van der Waals surface area contributed by atoms with Gasteiger partial charge in [0.1, 0.15) is 0 Å². The third-order valence-electron chi connectivity index (χ3n) is 2.11. The predicted molar refractivity (Wildman–Crippen MR) is 75.2 cm³/mol. The molecule has 0 aromatic heterocycles. The highest BCUT2D eigenvalue weighted by Gasteiger charge is 1.97. The summed E-state index contributed by atoms with van der Waals surface area (Å²) >= 11 is 17.8. The molecule has 0 amide bonds. The van der Waals surface area contributed by atoms with Crippen molar-refractivity contribution in [3.63, 3.8) is 0 Å². The highest BCUT2D eigenvalue weighted by molar-refractivity contribution is 6.35. The zero-order chi connectivity index (χ0) is 12.3. The molecule has 0 heterocycles. The van der Waals surface area contributed by atoms with E-state index in [1.165, 1.54) is 0 Å². The Hall–Kier alpha value is -1.02. The maximum atomic E-state index is 6.01. The molecule has 0 radical (unpaired) electrons. The summed E-state index contributed by atoms with van der Waals surface area (Å²) in [6.07, 6.45) is 1.68. The van der Waals surface area contributed by atoms with Crippen LogP contribution in [0.3, 0.4) is 0 Å². The molecule has 0 bridgehead atoms. The molecule has 0 aliphatic rings. The maximum absolute atomic E-state index is 6.01. The van der Waals surface area contributed by atoms with Gasteiger partial charge in [-0.1, -0.05) is 53.0 Å². The van der Waals surface area contributed by atoms with Gasteiger partial charge in [0.05, 0.1) is 5.69 Å². The standard InChI is InChI=1S/C13H8Cl3N/c14-10-5-11(15)7-12(6-10)17-8-9-3-1-2-4-13(9)16/h1-8H/b17-8+. The molecule has 1 nitrogen and oxygen atoms in total. The van der Waals surface area contributed by atoms with E-state index in [0.717, 1.165) is 5.56 Å². The van der Waals surface area contributed by atoms with E-state index < -0.39 is 0 Å². The lowest BCUT2D eigenvalue weighted by molar-refractivity contribution is 1.52. The van der Waals surface area contributed by atoms with E-state index in [1.54, 1.807) is 24.4 Å². The highest BCUT2D eigenvalue weighted by Crippen LogP contribution is 2.24. The Labute approximate surface area is 115 Å². The van der Waals surface area contributed by atoms with Gasteiger partial charge >= 0.3 is 0 Å². The van der Waals surface area contributed by atoms with E-state index in [0.29, 0.717) is 20.8 Å². The predicted octanol–water partition coefficient (Wildman–Crippen LogP) is 5.40. The Morgan fingerprint density at radius 3 is 2.18 bits per heavy atom. The lowest BCUT2D eigenvalue weighted by Crippen LogP contribution is -1.81. The first-order valence-electron chi connectivity index (χ1n) is 4.90. The Balaban J connectivity index is 2.29. The molecule has 2 rings (SSSR count). The summed E-state index contributed by atoms with van der Waals surface area (Å²) in [5, 5.41) is 1.77. The molecule has 0 aliphatic heterocycles. The number of aliphatic imine (C=N–C) groups is 1. The topological polar surface area (TPSA) is 12.4 Å². The van der Waals surface area contributed by atoms with Gasteiger partial charge in [-0.25, -0.2) is 0 Å².